The number of hydrogen-bond donors (Lipinski definition) is 1. The van der Waals surface area contributed by atoms with Gasteiger partial charge in [0.25, 0.3) is 5.91 Å². The third-order valence-corrected chi connectivity index (χ3v) is 6.66. The minimum absolute atomic E-state index is 0.0644. The number of amides is 1. The monoisotopic (exact) mass is 495 g/mol. The molecular formula is C32H25N5O. The number of nitrogens with one attached hydrogen (secondary N) is 1. The van der Waals surface area contributed by atoms with Crippen molar-refractivity contribution in [3.8, 4) is 0 Å². The fraction of sp³-hybridized carbons (Fsp3) is 0.0625. The molecule has 0 radical (unpaired) electrons. The minimum Gasteiger partial charge on any atom is -0.267 e. The first-order valence-electron chi connectivity index (χ1n) is 12.5. The Labute approximate surface area is 221 Å². The van der Waals surface area contributed by atoms with Crippen LogP contribution in [-0.4, -0.2) is 22.8 Å². The second-order valence-corrected chi connectivity index (χ2v) is 9.08. The Morgan fingerprint density at radius 1 is 0.868 bits per heavy atom. The molecule has 1 aliphatic heterocycles. The highest BCUT2D eigenvalue weighted by Crippen LogP contribution is 2.39. The van der Waals surface area contributed by atoms with E-state index in [-0.39, 0.29) is 11.9 Å². The molecule has 0 spiro atoms. The second kappa shape index (κ2) is 10.5. The average molecular weight is 496 g/mol. The first kappa shape index (κ1) is 23.3. The molecule has 5 aromatic rings. The average Bonchev–Trinajstić information content (AvgIpc) is 3.43. The van der Waals surface area contributed by atoms with Gasteiger partial charge in [-0.25, -0.2) is 5.43 Å². The van der Waals surface area contributed by atoms with Gasteiger partial charge in [0.15, 0.2) is 0 Å². The van der Waals surface area contributed by atoms with E-state index in [2.05, 4.69) is 87.3 Å². The number of hydrazone groups is 2. The molecule has 2 heterocycles. The number of rotatable bonds is 6. The van der Waals surface area contributed by atoms with Gasteiger partial charge in [0.05, 0.1) is 29.2 Å². The zero-order chi connectivity index (χ0) is 25.7. The molecule has 0 saturated carbocycles. The van der Waals surface area contributed by atoms with Crippen LogP contribution >= 0.6 is 0 Å². The maximum atomic E-state index is 12.2. The summed E-state index contributed by atoms with van der Waals surface area (Å²) in [6.07, 6.45) is 5.57. The summed E-state index contributed by atoms with van der Waals surface area (Å²) in [5.41, 5.74) is 8.31. The van der Waals surface area contributed by atoms with Gasteiger partial charge in [-0.2, -0.15) is 10.2 Å². The lowest BCUT2D eigenvalue weighted by atomic mass is 9.94. The van der Waals surface area contributed by atoms with E-state index >= 15 is 0 Å². The van der Waals surface area contributed by atoms with Gasteiger partial charge in [-0.15, -0.1) is 0 Å². The van der Waals surface area contributed by atoms with Crippen LogP contribution in [0.15, 0.2) is 132 Å². The van der Waals surface area contributed by atoms with Crippen molar-refractivity contribution in [2.45, 2.75) is 12.5 Å². The van der Waals surface area contributed by atoms with Gasteiger partial charge in [-0.05, 0) is 51.7 Å². The maximum Gasteiger partial charge on any atom is 0.272 e. The molecule has 38 heavy (non-hydrogen) atoms. The van der Waals surface area contributed by atoms with Crippen LogP contribution < -0.4 is 10.4 Å². The van der Waals surface area contributed by atoms with Crippen LogP contribution in [0.2, 0.25) is 0 Å². The van der Waals surface area contributed by atoms with Gasteiger partial charge in [-0.1, -0.05) is 84.9 Å². The van der Waals surface area contributed by atoms with Crippen molar-refractivity contribution in [3.63, 3.8) is 0 Å². The molecule has 1 N–H and O–H groups in total. The summed E-state index contributed by atoms with van der Waals surface area (Å²) in [6, 6.07) is 36.8. The molecule has 1 atom stereocenters. The van der Waals surface area contributed by atoms with Crippen LogP contribution in [0.3, 0.4) is 0 Å². The lowest BCUT2D eigenvalue weighted by molar-refractivity contribution is 0.0955. The Morgan fingerprint density at radius 3 is 2.47 bits per heavy atom. The van der Waals surface area contributed by atoms with Gasteiger partial charge >= 0.3 is 0 Å². The number of benzene rings is 4. The molecule has 6 nitrogen and oxygen atoms in total. The zero-order valence-corrected chi connectivity index (χ0v) is 20.6. The molecule has 0 bridgehead atoms. The van der Waals surface area contributed by atoms with E-state index in [4.69, 9.17) is 5.10 Å². The van der Waals surface area contributed by atoms with Crippen molar-refractivity contribution in [3.05, 3.63) is 144 Å². The van der Waals surface area contributed by atoms with E-state index in [0.29, 0.717) is 5.56 Å². The molecular weight excluding hydrogens is 470 g/mol. The zero-order valence-electron chi connectivity index (χ0n) is 20.6. The summed E-state index contributed by atoms with van der Waals surface area (Å²) in [7, 11) is 0. The van der Waals surface area contributed by atoms with Crippen LogP contribution in [0, 0.1) is 0 Å². The Kier molecular flexibility index (Phi) is 6.43. The van der Waals surface area contributed by atoms with E-state index < -0.39 is 0 Å². The molecule has 1 unspecified atom stereocenters. The van der Waals surface area contributed by atoms with Gasteiger partial charge < -0.3 is 0 Å². The van der Waals surface area contributed by atoms with Crippen molar-refractivity contribution in [2.75, 3.05) is 5.01 Å². The van der Waals surface area contributed by atoms with Crippen LogP contribution in [-0.2, 0) is 0 Å². The van der Waals surface area contributed by atoms with Gasteiger partial charge in [0.2, 0.25) is 0 Å². The largest absolute Gasteiger partial charge is 0.272 e. The number of carbonyl (C=O) groups excluding carboxylic acids is 1. The van der Waals surface area contributed by atoms with Gasteiger partial charge in [-0.3, -0.25) is 14.8 Å². The highest BCUT2D eigenvalue weighted by Gasteiger charge is 2.30. The van der Waals surface area contributed by atoms with E-state index in [1.165, 1.54) is 22.5 Å². The summed E-state index contributed by atoms with van der Waals surface area (Å²) in [5, 5.41) is 13.8. The summed E-state index contributed by atoms with van der Waals surface area (Å²) < 4.78 is 0. The second-order valence-electron chi connectivity index (χ2n) is 9.08. The summed E-state index contributed by atoms with van der Waals surface area (Å²) in [6.45, 7) is 0. The normalized spacial score (nSPS) is 15.1. The molecule has 0 fully saturated rings. The number of anilines is 1. The molecule has 6 heteroatoms. The van der Waals surface area contributed by atoms with E-state index in [1.807, 2.05) is 30.3 Å². The lowest BCUT2D eigenvalue weighted by Crippen LogP contribution is -2.19. The molecule has 0 saturated heterocycles. The van der Waals surface area contributed by atoms with Gasteiger partial charge in [0, 0.05) is 18.8 Å². The number of nitrogens with zero attached hydrogens (tertiary/aromatic N) is 4. The highest BCUT2D eigenvalue weighted by atomic mass is 16.2. The van der Waals surface area contributed by atoms with E-state index in [1.54, 1.807) is 24.5 Å². The Bertz CT molecular complexity index is 1620. The third-order valence-electron chi connectivity index (χ3n) is 6.66. The highest BCUT2D eigenvalue weighted by molar-refractivity contribution is 6.04. The maximum absolute atomic E-state index is 12.2. The number of pyridine rings is 1. The van der Waals surface area contributed by atoms with Crippen LogP contribution in [0.5, 0.6) is 0 Å². The number of carbonyl (C=O) groups is 1. The molecule has 4 aromatic carbocycles. The smallest absolute Gasteiger partial charge is 0.267 e. The molecule has 1 aliphatic rings. The van der Waals surface area contributed by atoms with Gasteiger partial charge in [0.1, 0.15) is 0 Å². The fourth-order valence-electron chi connectivity index (χ4n) is 4.78. The van der Waals surface area contributed by atoms with Crippen molar-refractivity contribution >= 4 is 34.3 Å². The lowest BCUT2D eigenvalue weighted by Gasteiger charge is -2.25. The number of aromatic nitrogens is 1. The standard InChI is InChI=1S/C32H25N5O/c38-32(26-12-7-19-33-22-26)35-34-21-23-15-17-27(18-16-23)37-31(20-30(36-37)25-9-2-1-3-10-25)29-14-6-11-24-8-4-5-13-28(24)29/h1-19,21-22,31H,20H2,(H,35,38). The van der Waals surface area contributed by atoms with Crippen LogP contribution in [0.4, 0.5) is 5.69 Å². The third kappa shape index (κ3) is 4.80. The van der Waals surface area contributed by atoms with Crippen molar-refractivity contribution in [2.24, 2.45) is 10.2 Å². The first-order chi connectivity index (χ1) is 18.8. The van der Waals surface area contributed by atoms with Crippen molar-refractivity contribution < 1.29 is 4.79 Å². The predicted octanol–water partition coefficient (Wildman–Crippen LogP) is 6.35. The SMILES string of the molecule is O=C(NN=Cc1ccc(N2N=C(c3ccccc3)CC2c2cccc3ccccc23)cc1)c1cccnc1. The summed E-state index contributed by atoms with van der Waals surface area (Å²) in [5.74, 6) is -0.302. The molecule has 184 valence electrons. The Balaban J connectivity index is 1.28. The predicted molar refractivity (Wildman–Crippen MR) is 153 cm³/mol. The van der Waals surface area contributed by atoms with Crippen molar-refractivity contribution in [1.29, 1.82) is 0 Å². The van der Waals surface area contributed by atoms with E-state index in [0.717, 1.165) is 28.9 Å². The number of hydrogen-bond acceptors (Lipinski definition) is 5. The fourth-order valence-corrected chi connectivity index (χ4v) is 4.78. The quantitative estimate of drug-likeness (QED) is 0.220. The molecule has 6 rings (SSSR count). The Morgan fingerprint density at radius 2 is 1.66 bits per heavy atom. The first-order valence-corrected chi connectivity index (χ1v) is 12.5. The molecule has 0 aliphatic carbocycles. The molecule has 1 aromatic heterocycles. The van der Waals surface area contributed by atoms with E-state index in [9.17, 15) is 4.79 Å². The topological polar surface area (TPSA) is 70.0 Å². The minimum atomic E-state index is -0.302. The molecule has 1 amide bonds. The van der Waals surface area contributed by atoms with Crippen LogP contribution in [0.1, 0.15) is 39.5 Å². The number of fused-ring (bicyclic) bond motifs is 1. The van der Waals surface area contributed by atoms with Crippen LogP contribution in [0.25, 0.3) is 10.8 Å². The summed E-state index contributed by atoms with van der Waals surface area (Å²) >= 11 is 0. The summed E-state index contributed by atoms with van der Waals surface area (Å²) in [4.78, 5) is 16.1. The Hall–Kier alpha value is -5.10. The van der Waals surface area contributed by atoms with Crippen molar-refractivity contribution in [1.82, 2.24) is 10.4 Å².